The van der Waals surface area contributed by atoms with Crippen molar-refractivity contribution in [3.8, 4) is 0 Å². The molecule has 15 heavy (non-hydrogen) atoms. The fourth-order valence-electron chi connectivity index (χ4n) is 1.76. The minimum atomic E-state index is -0.710. The molecule has 1 rings (SSSR count). The van der Waals surface area contributed by atoms with Gasteiger partial charge in [-0.3, -0.25) is 4.79 Å². The van der Waals surface area contributed by atoms with E-state index in [1.54, 1.807) is 0 Å². The third-order valence-electron chi connectivity index (χ3n) is 3.23. The van der Waals surface area contributed by atoms with Gasteiger partial charge in [-0.25, -0.2) is 0 Å². The van der Waals surface area contributed by atoms with Gasteiger partial charge < -0.3 is 15.8 Å². The van der Waals surface area contributed by atoms with Crippen molar-refractivity contribution >= 4 is 5.91 Å². The first-order valence-electron chi connectivity index (χ1n) is 5.81. The molecule has 0 aliphatic carbocycles. The van der Waals surface area contributed by atoms with Gasteiger partial charge in [0.05, 0.1) is 11.6 Å². The van der Waals surface area contributed by atoms with Crippen LogP contribution >= 0.6 is 0 Å². The lowest BCUT2D eigenvalue weighted by atomic mass is 9.93. The number of rotatable bonds is 5. The van der Waals surface area contributed by atoms with E-state index < -0.39 is 5.54 Å². The lowest BCUT2D eigenvalue weighted by molar-refractivity contribution is -0.127. The molecule has 1 aliphatic rings. The van der Waals surface area contributed by atoms with E-state index in [0.29, 0.717) is 19.4 Å². The summed E-state index contributed by atoms with van der Waals surface area (Å²) in [6, 6.07) is 0. The molecule has 0 spiro atoms. The number of hydrogen-bond acceptors (Lipinski definition) is 3. The molecule has 1 aliphatic heterocycles. The van der Waals surface area contributed by atoms with Gasteiger partial charge in [0.2, 0.25) is 5.91 Å². The number of amides is 1. The van der Waals surface area contributed by atoms with E-state index in [9.17, 15) is 4.79 Å². The van der Waals surface area contributed by atoms with Crippen LogP contribution in [0.15, 0.2) is 0 Å². The standard InChI is InChI=1S/C11H22N2O2/c1-3-11(12,4-2)10(14)13-8-9-6-5-7-15-9/h9H,3-8,12H2,1-2H3,(H,13,14). The lowest BCUT2D eigenvalue weighted by Crippen LogP contribution is -2.54. The minimum absolute atomic E-state index is 0.0528. The van der Waals surface area contributed by atoms with Crippen LogP contribution in [-0.2, 0) is 9.53 Å². The smallest absolute Gasteiger partial charge is 0.240 e. The summed E-state index contributed by atoms with van der Waals surface area (Å²) in [6.07, 6.45) is 3.65. The van der Waals surface area contributed by atoms with Crippen LogP contribution in [0.25, 0.3) is 0 Å². The largest absolute Gasteiger partial charge is 0.376 e. The molecule has 1 fully saturated rings. The van der Waals surface area contributed by atoms with E-state index in [0.717, 1.165) is 19.4 Å². The van der Waals surface area contributed by atoms with Crippen molar-refractivity contribution in [3.63, 3.8) is 0 Å². The molecule has 0 aromatic rings. The predicted octanol–water partition coefficient (Wildman–Crippen LogP) is 0.799. The summed E-state index contributed by atoms with van der Waals surface area (Å²) in [5, 5.41) is 2.88. The number of carbonyl (C=O) groups is 1. The average Bonchev–Trinajstić information content (AvgIpc) is 2.77. The Labute approximate surface area is 91.5 Å². The van der Waals surface area contributed by atoms with Gasteiger partial charge in [-0.2, -0.15) is 0 Å². The summed E-state index contributed by atoms with van der Waals surface area (Å²) >= 11 is 0. The third kappa shape index (κ3) is 3.18. The highest BCUT2D eigenvalue weighted by atomic mass is 16.5. The maximum absolute atomic E-state index is 11.8. The Balaban J connectivity index is 2.33. The van der Waals surface area contributed by atoms with Crippen molar-refractivity contribution in [2.24, 2.45) is 5.73 Å². The third-order valence-corrected chi connectivity index (χ3v) is 3.23. The SMILES string of the molecule is CCC(N)(CC)C(=O)NCC1CCCO1. The quantitative estimate of drug-likeness (QED) is 0.711. The fraction of sp³-hybridized carbons (Fsp3) is 0.909. The molecule has 1 unspecified atom stereocenters. The molecule has 1 saturated heterocycles. The highest BCUT2D eigenvalue weighted by molar-refractivity contribution is 5.85. The summed E-state index contributed by atoms with van der Waals surface area (Å²) < 4.78 is 5.43. The summed E-state index contributed by atoms with van der Waals surface area (Å²) in [6.45, 7) is 5.29. The maximum Gasteiger partial charge on any atom is 0.240 e. The van der Waals surface area contributed by atoms with Crippen LogP contribution in [0.1, 0.15) is 39.5 Å². The predicted molar refractivity (Wildman–Crippen MR) is 59.5 cm³/mol. The molecule has 1 heterocycles. The molecular formula is C11H22N2O2. The number of nitrogens with one attached hydrogen (secondary N) is 1. The molecule has 3 N–H and O–H groups in total. The fourth-order valence-corrected chi connectivity index (χ4v) is 1.76. The summed E-state index contributed by atoms with van der Waals surface area (Å²) in [5.74, 6) is -0.0528. The lowest BCUT2D eigenvalue weighted by Gasteiger charge is -2.25. The maximum atomic E-state index is 11.8. The zero-order valence-corrected chi connectivity index (χ0v) is 9.71. The van der Waals surface area contributed by atoms with Crippen molar-refractivity contribution in [3.05, 3.63) is 0 Å². The van der Waals surface area contributed by atoms with E-state index in [1.807, 2.05) is 13.8 Å². The molecule has 88 valence electrons. The number of carbonyl (C=O) groups excluding carboxylic acids is 1. The van der Waals surface area contributed by atoms with Crippen LogP contribution in [0.3, 0.4) is 0 Å². The molecule has 1 amide bonds. The zero-order chi connectivity index (χ0) is 11.3. The van der Waals surface area contributed by atoms with Crippen LogP contribution < -0.4 is 11.1 Å². The van der Waals surface area contributed by atoms with E-state index in [-0.39, 0.29) is 12.0 Å². The molecule has 1 atom stereocenters. The number of ether oxygens (including phenoxy) is 1. The van der Waals surface area contributed by atoms with Gasteiger partial charge in [0, 0.05) is 13.2 Å². The monoisotopic (exact) mass is 214 g/mol. The van der Waals surface area contributed by atoms with Crippen molar-refractivity contribution in [2.45, 2.75) is 51.2 Å². The summed E-state index contributed by atoms with van der Waals surface area (Å²) in [5.41, 5.74) is 5.26. The van der Waals surface area contributed by atoms with Gasteiger partial charge in [0.25, 0.3) is 0 Å². The van der Waals surface area contributed by atoms with Crippen LogP contribution in [-0.4, -0.2) is 30.7 Å². The highest BCUT2D eigenvalue weighted by Crippen LogP contribution is 2.13. The molecular weight excluding hydrogens is 192 g/mol. The van der Waals surface area contributed by atoms with Gasteiger partial charge in [0.1, 0.15) is 0 Å². The van der Waals surface area contributed by atoms with Gasteiger partial charge in [0.15, 0.2) is 0 Å². The van der Waals surface area contributed by atoms with E-state index in [1.165, 1.54) is 0 Å². The van der Waals surface area contributed by atoms with Crippen molar-refractivity contribution in [1.29, 1.82) is 0 Å². The Bertz CT molecular complexity index is 209. The molecule has 0 saturated carbocycles. The van der Waals surface area contributed by atoms with Crippen LogP contribution in [0.5, 0.6) is 0 Å². The van der Waals surface area contributed by atoms with E-state index >= 15 is 0 Å². The second-order valence-corrected chi connectivity index (χ2v) is 4.21. The van der Waals surface area contributed by atoms with Crippen molar-refractivity contribution < 1.29 is 9.53 Å². The second kappa shape index (κ2) is 5.47. The van der Waals surface area contributed by atoms with E-state index in [2.05, 4.69) is 5.32 Å². The number of hydrogen-bond donors (Lipinski definition) is 2. The molecule has 0 radical (unpaired) electrons. The zero-order valence-electron chi connectivity index (χ0n) is 9.71. The molecule has 0 aromatic heterocycles. The minimum Gasteiger partial charge on any atom is -0.376 e. The topological polar surface area (TPSA) is 64.4 Å². The Morgan fingerprint density at radius 2 is 2.20 bits per heavy atom. The normalized spacial score (nSPS) is 21.7. The first-order chi connectivity index (χ1) is 7.12. The van der Waals surface area contributed by atoms with Crippen LogP contribution in [0.4, 0.5) is 0 Å². The highest BCUT2D eigenvalue weighted by Gasteiger charge is 2.30. The first kappa shape index (κ1) is 12.5. The molecule has 0 bridgehead atoms. The Kier molecular flexibility index (Phi) is 4.54. The van der Waals surface area contributed by atoms with Crippen LogP contribution in [0.2, 0.25) is 0 Å². The van der Waals surface area contributed by atoms with E-state index in [4.69, 9.17) is 10.5 Å². The summed E-state index contributed by atoms with van der Waals surface area (Å²) in [7, 11) is 0. The number of nitrogens with two attached hydrogens (primary N) is 1. The first-order valence-corrected chi connectivity index (χ1v) is 5.81. The van der Waals surface area contributed by atoms with Gasteiger partial charge in [-0.05, 0) is 25.7 Å². The van der Waals surface area contributed by atoms with Crippen molar-refractivity contribution in [2.75, 3.05) is 13.2 Å². The van der Waals surface area contributed by atoms with Crippen molar-refractivity contribution in [1.82, 2.24) is 5.32 Å². The Morgan fingerprint density at radius 1 is 1.53 bits per heavy atom. The molecule has 4 nitrogen and oxygen atoms in total. The summed E-state index contributed by atoms with van der Waals surface area (Å²) in [4.78, 5) is 11.8. The van der Waals surface area contributed by atoms with Gasteiger partial charge >= 0.3 is 0 Å². The van der Waals surface area contributed by atoms with Gasteiger partial charge in [-0.15, -0.1) is 0 Å². The molecule has 4 heteroatoms. The van der Waals surface area contributed by atoms with Gasteiger partial charge in [-0.1, -0.05) is 13.8 Å². The van der Waals surface area contributed by atoms with Crippen LogP contribution in [0, 0.1) is 0 Å². The Hall–Kier alpha value is -0.610. The Morgan fingerprint density at radius 3 is 2.67 bits per heavy atom. The second-order valence-electron chi connectivity index (χ2n) is 4.21. The molecule has 0 aromatic carbocycles. The average molecular weight is 214 g/mol.